The third kappa shape index (κ3) is 1.83. The van der Waals surface area contributed by atoms with Crippen LogP contribution in [-0.2, 0) is 0 Å². The molecule has 58 valence electrons. The molecule has 0 atom stereocenters. The molecule has 10 heavy (non-hydrogen) atoms. The van der Waals surface area contributed by atoms with Gasteiger partial charge >= 0.3 is 0 Å². The Morgan fingerprint density at radius 2 is 1.90 bits per heavy atom. The monoisotopic (exact) mass is 139 g/mol. The molecule has 0 N–H and O–H groups in total. The van der Waals surface area contributed by atoms with E-state index in [2.05, 4.69) is 18.6 Å². The normalized spacial score (nSPS) is 33.7. The molecule has 0 bridgehead atoms. The van der Waals surface area contributed by atoms with Crippen molar-refractivity contribution in [2.75, 3.05) is 0 Å². The highest BCUT2D eigenvalue weighted by Crippen LogP contribution is 2.27. The van der Waals surface area contributed by atoms with Gasteiger partial charge in [-0.1, -0.05) is 13.3 Å². The standard InChI is InChI=1S/C9H17N/c1-3-8-4-6-9(10-2)7-5-8/h8-9H,2-7H2,1H3. The van der Waals surface area contributed by atoms with E-state index in [0.29, 0.717) is 6.04 Å². The van der Waals surface area contributed by atoms with E-state index < -0.39 is 0 Å². The average Bonchev–Trinajstić information content (AvgIpc) is 2.05. The summed E-state index contributed by atoms with van der Waals surface area (Å²) in [6.07, 6.45) is 6.66. The number of nitrogens with zero attached hydrogens (tertiary/aromatic N) is 1. The van der Waals surface area contributed by atoms with Crippen LogP contribution in [0.4, 0.5) is 0 Å². The lowest BCUT2D eigenvalue weighted by atomic mass is 9.85. The summed E-state index contributed by atoms with van der Waals surface area (Å²) in [5, 5.41) is 0. The highest BCUT2D eigenvalue weighted by Gasteiger charge is 2.17. The lowest BCUT2D eigenvalue weighted by molar-refractivity contribution is 0.321. The third-order valence-corrected chi connectivity index (χ3v) is 2.65. The largest absolute Gasteiger partial charge is 0.298 e. The lowest BCUT2D eigenvalue weighted by Gasteiger charge is -2.24. The zero-order valence-electron chi connectivity index (χ0n) is 6.84. The van der Waals surface area contributed by atoms with Crippen LogP contribution in [0, 0.1) is 5.92 Å². The van der Waals surface area contributed by atoms with Crippen molar-refractivity contribution in [3.05, 3.63) is 0 Å². The van der Waals surface area contributed by atoms with Gasteiger partial charge in [0.25, 0.3) is 0 Å². The topological polar surface area (TPSA) is 12.4 Å². The van der Waals surface area contributed by atoms with Crippen LogP contribution in [0.15, 0.2) is 4.99 Å². The molecule has 1 saturated carbocycles. The van der Waals surface area contributed by atoms with E-state index in [9.17, 15) is 0 Å². The average molecular weight is 139 g/mol. The Bertz CT molecular complexity index is 101. The van der Waals surface area contributed by atoms with Crippen LogP contribution in [0.25, 0.3) is 0 Å². The van der Waals surface area contributed by atoms with Gasteiger partial charge in [-0.25, -0.2) is 0 Å². The maximum Gasteiger partial charge on any atom is 0.0492 e. The molecule has 0 aromatic heterocycles. The maximum absolute atomic E-state index is 4.07. The molecule has 1 aliphatic rings. The van der Waals surface area contributed by atoms with Crippen LogP contribution in [-0.4, -0.2) is 12.8 Å². The molecule has 1 fully saturated rings. The summed E-state index contributed by atoms with van der Waals surface area (Å²) in [4.78, 5) is 4.07. The summed E-state index contributed by atoms with van der Waals surface area (Å²) in [6.45, 7) is 5.87. The first-order chi connectivity index (χ1) is 4.86. The molecule has 1 aliphatic carbocycles. The molecule has 0 spiro atoms. The second-order valence-electron chi connectivity index (χ2n) is 3.27. The van der Waals surface area contributed by atoms with Crippen LogP contribution in [0.5, 0.6) is 0 Å². The summed E-state index contributed by atoms with van der Waals surface area (Å²) < 4.78 is 0. The molecule has 0 heterocycles. The zero-order chi connectivity index (χ0) is 7.40. The second-order valence-corrected chi connectivity index (χ2v) is 3.27. The van der Waals surface area contributed by atoms with Gasteiger partial charge in [-0.15, -0.1) is 0 Å². The molecular weight excluding hydrogens is 122 g/mol. The lowest BCUT2D eigenvalue weighted by Crippen LogP contribution is -2.15. The molecular formula is C9H17N. The van der Waals surface area contributed by atoms with Crippen molar-refractivity contribution in [1.82, 2.24) is 0 Å². The van der Waals surface area contributed by atoms with E-state index >= 15 is 0 Å². The Labute approximate surface area is 63.5 Å². The van der Waals surface area contributed by atoms with Crippen molar-refractivity contribution < 1.29 is 0 Å². The minimum absolute atomic E-state index is 0.586. The first-order valence-electron chi connectivity index (χ1n) is 4.32. The van der Waals surface area contributed by atoms with Crippen LogP contribution in [0.1, 0.15) is 39.0 Å². The molecule has 0 aromatic rings. The van der Waals surface area contributed by atoms with Crippen molar-refractivity contribution in [3.8, 4) is 0 Å². The van der Waals surface area contributed by atoms with Gasteiger partial charge in [0, 0.05) is 6.04 Å². The van der Waals surface area contributed by atoms with Gasteiger partial charge in [-0.2, -0.15) is 0 Å². The maximum atomic E-state index is 4.07. The predicted molar refractivity (Wildman–Crippen MR) is 45.6 cm³/mol. The fourth-order valence-electron chi connectivity index (χ4n) is 1.74. The number of hydrogen-bond donors (Lipinski definition) is 0. The van der Waals surface area contributed by atoms with Crippen LogP contribution in [0.2, 0.25) is 0 Å². The first-order valence-corrected chi connectivity index (χ1v) is 4.32. The summed E-state index contributed by atoms with van der Waals surface area (Å²) >= 11 is 0. The Morgan fingerprint density at radius 1 is 1.30 bits per heavy atom. The minimum Gasteiger partial charge on any atom is -0.298 e. The van der Waals surface area contributed by atoms with E-state index in [1.807, 2.05) is 0 Å². The van der Waals surface area contributed by atoms with Crippen molar-refractivity contribution >= 4 is 6.72 Å². The SMILES string of the molecule is C=NC1CCC(CC)CC1. The molecule has 0 unspecified atom stereocenters. The molecule has 0 aromatic carbocycles. The van der Waals surface area contributed by atoms with Gasteiger partial charge in [-0.05, 0) is 38.3 Å². The van der Waals surface area contributed by atoms with Crippen molar-refractivity contribution in [2.24, 2.45) is 10.9 Å². The number of rotatable bonds is 2. The van der Waals surface area contributed by atoms with Crippen LogP contribution < -0.4 is 0 Å². The van der Waals surface area contributed by atoms with E-state index in [-0.39, 0.29) is 0 Å². The van der Waals surface area contributed by atoms with Crippen molar-refractivity contribution in [2.45, 2.75) is 45.1 Å². The third-order valence-electron chi connectivity index (χ3n) is 2.65. The fraction of sp³-hybridized carbons (Fsp3) is 0.889. The summed E-state index contributed by atoms with van der Waals surface area (Å²) in [6, 6.07) is 0.586. The van der Waals surface area contributed by atoms with E-state index in [1.165, 1.54) is 32.1 Å². The van der Waals surface area contributed by atoms with Crippen LogP contribution in [0.3, 0.4) is 0 Å². The quantitative estimate of drug-likeness (QED) is 0.521. The molecule has 0 saturated heterocycles. The van der Waals surface area contributed by atoms with Gasteiger partial charge in [-0.3, -0.25) is 4.99 Å². The zero-order valence-corrected chi connectivity index (χ0v) is 6.84. The highest BCUT2D eigenvalue weighted by molar-refractivity contribution is 5.24. The molecule has 1 heteroatoms. The molecule has 1 nitrogen and oxygen atoms in total. The Hall–Kier alpha value is -0.330. The van der Waals surface area contributed by atoms with Gasteiger partial charge < -0.3 is 0 Å². The fourth-order valence-corrected chi connectivity index (χ4v) is 1.74. The van der Waals surface area contributed by atoms with Gasteiger partial charge in [0.05, 0.1) is 0 Å². The summed E-state index contributed by atoms with van der Waals surface area (Å²) in [5.74, 6) is 0.984. The van der Waals surface area contributed by atoms with E-state index in [0.717, 1.165) is 5.92 Å². The van der Waals surface area contributed by atoms with Gasteiger partial charge in [0.1, 0.15) is 0 Å². The Kier molecular flexibility index (Phi) is 2.91. The Morgan fingerprint density at radius 3 is 2.30 bits per heavy atom. The van der Waals surface area contributed by atoms with Crippen molar-refractivity contribution in [3.63, 3.8) is 0 Å². The molecule has 0 aliphatic heterocycles. The van der Waals surface area contributed by atoms with E-state index in [4.69, 9.17) is 0 Å². The highest BCUT2D eigenvalue weighted by atomic mass is 14.7. The van der Waals surface area contributed by atoms with E-state index in [1.54, 1.807) is 0 Å². The van der Waals surface area contributed by atoms with Crippen LogP contribution >= 0.6 is 0 Å². The predicted octanol–water partition coefficient (Wildman–Crippen LogP) is 2.66. The Balaban J connectivity index is 2.23. The van der Waals surface area contributed by atoms with Gasteiger partial charge in [0.15, 0.2) is 0 Å². The van der Waals surface area contributed by atoms with Gasteiger partial charge in [0.2, 0.25) is 0 Å². The summed E-state index contributed by atoms with van der Waals surface area (Å²) in [5.41, 5.74) is 0. The number of aliphatic imine (C=N–C) groups is 1. The first kappa shape index (κ1) is 7.77. The molecule has 0 amide bonds. The second kappa shape index (κ2) is 3.75. The minimum atomic E-state index is 0.586. The molecule has 0 radical (unpaired) electrons. The number of hydrogen-bond acceptors (Lipinski definition) is 1. The molecule has 1 rings (SSSR count). The smallest absolute Gasteiger partial charge is 0.0492 e. The summed E-state index contributed by atoms with van der Waals surface area (Å²) in [7, 11) is 0. The van der Waals surface area contributed by atoms with Crippen molar-refractivity contribution in [1.29, 1.82) is 0 Å².